The highest BCUT2D eigenvalue weighted by molar-refractivity contribution is 6.24. The Kier molecular flexibility index (Phi) is 4.86. The van der Waals surface area contributed by atoms with Crippen LogP contribution in [-0.2, 0) is 14.4 Å². The van der Waals surface area contributed by atoms with E-state index in [1.807, 2.05) is 0 Å². The van der Waals surface area contributed by atoms with Crippen molar-refractivity contribution in [3.05, 3.63) is 40.2 Å². The van der Waals surface area contributed by atoms with E-state index < -0.39 is 81.4 Å². The molecule has 176 valence electrons. The molecule has 3 aliphatic rings. The number of hydrogen-bond donors (Lipinski definition) is 7. The van der Waals surface area contributed by atoms with Crippen LogP contribution in [0.3, 0.4) is 0 Å². The highest BCUT2D eigenvalue weighted by atomic mass is 16.4. The van der Waals surface area contributed by atoms with E-state index in [2.05, 4.69) is 0 Å². The summed E-state index contributed by atoms with van der Waals surface area (Å²) in [6.45, 7) is 1.65. The third-order valence-corrected chi connectivity index (χ3v) is 7.16. The zero-order chi connectivity index (χ0) is 24.7. The lowest BCUT2D eigenvalue weighted by molar-refractivity contribution is -0.169. The number of aromatic hydroxyl groups is 1. The number of primary amides is 1. The maximum Gasteiger partial charge on any atom is 0.255 e. The Bertz CT molecular complexity index is 1190. The molecule has 1 fully saturated rings. The molecule has 0 aromatic heterocycles. The molecule has 0 aliphatic heterocycles. The normalized spacial score (nSPS) is 33.7. The Morgan fingerprint density at radius 1 is 1.15 bits per heavy atom. The van der Waals surface area contributed by atoms with Crippen molar-refractivity contribution in [1.29, 1.82) is 0 Å². The molecule has 1 aromatic carbocycles. The topological polar surface area (TPSA) is 208 Å². The van der Waals surface area contributed by atoms with E-state index in [1.165, 1.54) is 31.1 Å². The smallest absolute Gasteiger partial charge is 0.255 e. The number of phenols is 1. The number of likely N-dealkylation sites (N-methyl/N-ethyl adjacent to an activating group) is 1. The zero-order valence-electron chi connectivity index (χ0n) is 18.1. The van der Waals surface area contributed by atoms with Crippen LogP contribution in [0.15, 0.2) is 29.0 Å². The lowest BCUT2D eigenvalue weighted by Crippen LogP contribution is -2.70. The van der Waals surface area contributed by atoms with E-state index in [0.717, 1.165) is 0 Å². The summed E-state index contributed by atoms with van der Waals surface area (Å²) in [7, 11) is 2.90. The van der Waals surface area contributed by atoms with Crippen LogP contribution in [0.4, 0.5) is 5.69 Å². The van der Waals surface area contributed by atoms with Gasteiger partial charge in [0.2, 0.25) is 5.78 Å². The number of rotatable bonds is 2. The molecule has 0 radical (unpaired) electrons. The predicted octanol–water partition coefficient (Wildman–Crippen LogP) is -0.922. The van der Waals surface area contributed by atoms with Gasteiger partial charge in [0.1, 0.15) is 22.8 Å². The Morgan fingerprint density at radius 2 is 1.76 bits per heavy atom. The van der Waals surface area contributed by atoms with Gasteiger partial charge in [-0.15, -0.1) is 0 Å². The molecule has 1 amide bonds. The Hall–Kier alpha value is -3.41. The van der Waals surface area contributed by atoms with Crippen molar-refractivity contribution in [3.63, 3.8) is 0 Å². The Labute approximate surface area is 188 Å². The van der Waals surface area contributed by atoms with Crippen LogP contribution in [-0.4, -0.2) is 79.7 Å². The second-order valence-corrected chi connectivity index (χ2v) is 9.02. The van der Waals surface area contributed by atoms with Gasteiger partial charge in [-0.05, 0) is 31.6 Å². The number of amides is 1. The lowest BCUT2D eigenvalue weighted by atomic mass is 9.54. The molecule has 1 saturated carbocycles. The van der Waals surface area contributed by atoms with Crippen molar-refractivity contribution in [3.8, 4) is 5.75 Å². The number of aliphatic hydroxyl groups excluding tert-OH is 3. The molecule has 0 heterocycles. The average Bonchev–Trinajstić information content (AvgIpc) is 2.72. The van der Waals surface area contributed by atoms with Crippen LogP contribution in [0.5, 0.6) is 5.75 Å². The van der Waals surface area contributed by atoms with Gasteiger partial charge < -0.3 is 37.0 Å². The second-order valence-electron chi connectivity index (χ2n) is 9.02. The standard InChI is InChI=1S/C22H25N3O8/c1-6-7-4-5-8(23)15(26)10(7)16(27)11-9(6)17(28)13-14(25(2)3)18(29)12(21(24)32)20(31)22(13,33)19(11)30/h4-6,9,13-14,17,26-28,31,33H,23H2,1-3H3,(H2,24,32)/t6-,9+,13+,14?,17-,22-/m0/s1. The van der Waals surface area contributed by atoms with Gasteiger partial charge in [0.15, 0.2) is 11.4 Å². The molecule has 11 nitrogen and oxygen atoms in total. The van der Waals surface area contributed by atoms with Crippen LogP contribution in [0.25, 0.3) is 5.76 Å². The minimum Gasteiger partial charge on any atom is -0.508 e. The number of phenolic OH excluding ortho intramolecular Hbond substituents is 1. The number of Topliss-reactive ketones (excluding diaryl/α,β-unsaturated/α-hetero) is 2. The molecular weight excluding hydrogens is 434 g/mol. The van der Waals surface area contributed by atoms with Gasteiger partial charge in [-0.1, -0.05) is 13.0 Å². The van der Waals surface area contributed by atoms with Crippen molar-refractivity contribution < 1.29 is 39.9 Å². The van der Waals surface area contributed by atoms with Crippen molar-refractivity contribution in [1.82, 2.24) is 4.90 Å². The molecule has 0 saturated heterocycles. The van der Waals surface area contributed by atoms with Crippen LogP contribution >= 0.6 is 0 Å². The zero-order valence-corrected chi connectivity index (χ0v) is 18.1. The fraction of sp³-hybridized carbons (Fsp3) is 0.409. The molecule has 0 spiro atoms. The summed E-state index contributed by atoms with van der Waals surface area (Å²) in [4.78, 5) is 40.0. The summed E-state index contributed by atoms with van der Waals surface area (Å²) in [6.07, 6.45) is -1.62. The number of ketones is 2. The van der Waals surface area contributed by atoms with E-state index in [9.17, 15) is 39.9 Å². The van der Waals surface area contributed by atoms with Gasteiger partial charge in [0.05, 0.1) is 29.3 Å². The molecule has 3 aliphatic carbocycles. The van der Waals surface area contributed by atoms with Gasteiger partial charge in [-0.25, -0.2) is 0 Å². The van der Waals surface area contributed by atoms with E-state index in [0.29, 0.717) is 5.56 Å². The number of carbonyl (C=O) groups is 3. The first-order chi connectivity index (χ1) is 15.3. The van der Waals surface area contributed by atoms with Crippen molar-refractivity contribution in [2.24, 2.45) is 17.6 Å². The summed E-state index contributed by atoms with van der Waals surface area (Å²) >= 11 is 0. The number of anilines is 1. The summed E-state index contributed by atoms with van der Waals surface area (Å²) in [6, 6.07) is 1.57. The van der Waals surface area contributed by atoms with Crippen LogP contribution in [0, 0.1) is 11.8 Å². The molecular formula is C22H25N3O8. The third kappa shape index (κ3) is 2.63. The third-order valence-electron chi connectivity index (χ3n) is 7.16. The molecule has 1 unspecified atom stereocenters. The number of hydrogen-bond acceptors (Lipinski definition) is 10. The number of nitrogens with two attached hydrogens (primary N) is 2. The molecule has 4 rings (SSSR count). The first-order valence-electron chi connectivity index (χ1n) is 10.2. The Balaban J connectivity index is 2.07. The largest absolute Gasteiger partial charge is 0.508 e. The maximum absolute atomic E-state index is 13.7. The van der Waals surface area contributed by atoms with Crippen molar-refractivity contribution in [2.75, 3.05) is 19.8 Å². The van der Waals surface area contributed by atoms with Crippen LogP contribution < -0.4 is 11.5 Å². The van der Waals surface area contributed by atoms with Gasteiger partial charge in [0, 0.05) is 11.5 Å². The van der Waals surface area contributed by atoms with Gasteiger partial charge in [0.25, 0.3) is 5.91 Å². The first kappa shape index (κ1) is 22.8. The Morgan fingerprint density at radius 3 is 2.30 bits per heavy atom. The molecule has 0 bridgehead atoms. The lowest BCUT2D eigenvalue weighted by Gasteiger charge is -2.53. The van der Waals surface area contributed by atoms with Crippen LogP contribution in [0.2, 0.25) is 0 Å². The van der Waals surface area contributed by atoms with Gasteiger partial charge >= 0.3 is 0 Å². The summed E-state index contributed by atoms with van der Waals surface area (Å²) in [5.41, 5.74) is 6.86. The van der Waals surface area contributed by atoms with E-state index in [1.54, 1.807) is 6.92 Å². The first-order valence-corrected chi connectivity index (χ1v) is 10.2. The number of fused-ring (bicyclic) bond motifs is 3. The van der Waals surface area contributed by atoms with Gasteiger partial charge in [-0.3, -0.25) is 19.3 Å². The van der Waals surface area contributed by atoms with Gasteiger partial charge in [-0.2, -0.15) is 0 Å². The molecule has 9 N–H and O–H groups in total. The highest BCUT2D eigenvalue weighted by Crippen LogP contribution is 2.56. The fourth-order valence-corrected chi connectivity index (χ4v) is 5.63. The summed E-state index contributed by atoms with van der Waals surface area (Å²) in [5.74, 6) is -9.34. The van der Waals surface area contributed by atoms with E-state index >= 15 is 0 Å². The number of benzene rings is 1. The minimum absolute atomic E-state index is 0.0679. The monoisotopic (exact) mass is 459 g/mol. The highest BCUT2D eigenvalue weighted by Gasteiger charge is 2.68. The van der Waals surface area contributed by atoms with Crippen molar-refractivity contribution in [2.45, 2.75) is 30.6 Å². The number of aliphatic hydroxyl groups is 4. The number of nitrogen functional groups attached to an aromatic ring is 1. The van der Waals surface area contributed by atoms with E-state index in [-0.39, 0.29) is 11.3 Å². The minimum atomic E-state index is -2.93. The average molecular weight is 459 g/mol. The summed E-state index contributed by atoms with van der Waals surface area (Å²) < 4.78 is 0. The molecule has 1 aromatic rings. The molecule has 6 atom stereocenters. The van der Waals surface area contributed by atoms with E-state index in [4.69, 9.17) is 11.5 Å². The fourth-order valence-electron chi connectivity index (χ4n) is 5.63. The van der Waals surface area contributed by atoms with Crippen LogP contribution in [0.1, 0.15) is 24.0 Å². The molecule has 33 heavy (non-hydrogen) atoms. The number of nitrogens with zero attached hydrogens (tertiary/aromatic N) is 1. The maximum atomic E-state index is 13.7. The molecule has 11 heteroatoms. The second kappa shape index (κ2) is 7.04. The quantitative estimate of drug-likeness (QED) is 0.164. The van der Waals surface area contributed by atoms with Crippen molar-refractivity contribution >= 4 is 28.9 Å². The SMILES string of the molecule is C[C@H]1c2ccc(N)c(O)c2C(O)=C2C(=O)[C@]3(O)C(O)=C(C(N)=O)C(=O)C(N(C)C)[C@@H]3[C@@H](O)[C@@H]21. The summed E-state index contributed by atoms with van der Waals surface area (Å²) in [5, 5.41) is 55.2. The number of carbonyl (C=O) groups excluding carboxylic acids is 3. The predicted molar refractivity (Wildman–Crippen MR) is 115 cm³/mol.